The average Bonchev–Trinajstić information content (AvgIpc) is 3.11. The molecule has 1 saturated carbocycles. The Hall–Kier alpha value is -2.21. The Morgan fingerprint density at radius 1 is 1.19 bits per heavy atom. The summed E-state index contributed by atoms with van der Waals surface area (Å²) in [4.78, 5) is 4.91. The van der Waals surface area contributed by atoms with E-state index in [1.807, 2.05) is 12.1 Å². The number of hydrogen-bond donors (Lipinski definition) is 3. The van der Waals surface area contributed by atoms with Crippen LogP contribution in [0.15, 0.2) is 45.9 Å². The summed E-state index contributed by atoms with van der Waals surface area (Å²) in [7, 11) is -0.507. The molecule has 0 aliphatic heterocycles. The van der Waals surface area contributed by atoms with E-state index in [1.165, 1.54) is 18.4 Å². The number of anilines is 3. The number of hydrogen-bond acceptors (Lipinski definition) is 7. The van der Waals surface area contributed by atoms with Crippen LogP contribution >= 0.6 is 15.9 Å². The third-order valence-electron chi connectivity index (χ3n) is 5.44. The summed E-state index contributed by atoms with van der Waals surface area (Å²) < 4.78 is 28.6. The molecule has 2 aromatic heterocycles. The van der Waals surface area contributed by atoms with Crippen molar-refractivity contribution >= 4 is 48.9 Å². The van der Waals surface area contributed by atoms with Gasteiger partial charge in [-0.25, -0.2) is 17.7 Å². The Bertz CT molecular complexity index is 1190. The van der Waals surface area contributed by atoms with Crippen LogP contribution in [0.2, 0.25) is 0 Å². The normalized spacial score (nSPS) is 19.6. The van der Waals surface area contributed by atoms with Crippen LogP contribution < -0.4 is 16.4 Å². The summed E-state index contributed by atoms with van der Waals surface area (Å²) in [5.41, 5.74) is 7.32. The molecule has 9 nitrogen and oxygen atoms in total. The molecule has 3 aromatic rings. The molecular formula is C20H26BrN7O2S. The lowest BCUT2D eigenvalue weighted by Crippen LogP contribution is -2.33. The average molecular weight is 508 g/mol. The molecule has 0 unspecified atom stereocenters. The Morgan fingerprint density at radius 2 is 1.94 bits per heavy atom. The monoisotopic (exact) mass is 507 g/mol. The predicted octanol–water partition coefficient (Wildman–Crippen LogP) is 3.17. The molecule has 0 spiro atoms. The van der Waals surface area contributed by atoms with Crippen molar-refractivity contribution in [3.05, 3.63) is 41.0 Å². The van der Waals surface area contributed by atoms with Crippen LogP contribution in [0.5, 0.6) is 0 Å². The first kappa shape index (κ1) is 22.0. The summed E-state index contributed by atoms with van der Waals surface area (Å²) in [6.07, 6.45) is 5.68. The topological polar surface area (TPSA) is 118 Å². The lowest BCUT2D eigenvalue weighted by Gasteiger charge is -2.27. The van der Waals surface area contributed by atoms with Gasteiger partial charge in [-0.1, -0.05) is 6.07 Å². The lowest BCUT2D eigenvalue weighted by atomic mass is 9.92. The molecule has 4 N–H and O–H groups in total. The number of benzene rings is 1. The van der Waals surface area contributed by atoms with Crippen LogP contribution in [0.3, 0.4) is 0 Å². The van der Waals surface area contributed by atoms with Crippen LogP contribution in [0.4, 0.5) is 17.3 Å². The fraction of sp³-hybridized carbons (Fsp3) is 0.400. The van der Waals surface area contributed by atoms with Gasteiger partial charge in [-0.2, -0.15) is 9.61 Å². The Morgan fingerprint density at radius 3 is 2.65 bits per heavy atom. The van der Waals surface area contributed by atoms with E-state index >= 15 is 0 Å². The summed E-state index contributed by atoms with van der Waals surface area (Å²) in [6, 6.07) is 9.19. The minimum absolute atomic E-state index is 0.214. The number of nitrogens with one attached hydrogen (secondary N) is 2. The smallest absolute Gasteiger partial charge is 0.242 e. The van der Waals surface area contributed by atoms with E-state index in [1.54, 1.807) is 28.9 Å². The number of fused-ring (bicyclic) bond motifs is 1. The highest BCUT2D eigenvalue weighted by Crippen LogP contribution is 2.28. The van der Waals surface area contributed by atoms with Crippen molar-refractivity contribution in [3.63, 3.8) is 0 Å². The Balaban J connectivity index is 1.66. The van der Waals surface area contributed by atoms with E-state index in [4.69, 9.17) is 10.7 Å². The van der Waals surface area contributed by atoms with Gasteiger partial charge in [0.1, 0.15) is 11.6 Å². The maximum absolute atomic E-state index is 12.5. The maximum atomic E-state index is 12.5. The molecular weight excluding hydrogens is 482 g/mol. The summed E-state index contributed by atoms with van der Waals surface area (Å²) in [5, 5.41) is 11.2. The molecule has 1 aromatic carbocycles. The minimum atomic E-state index is -3.53. The zero-order valence-corrected chi connectivity index (χ0v) is 19.8. The molecule has 0 atom stereocenters. The standard InChI is InChI=1S/C20H26BrN7O2S/c1-27(2)31(29,30)16-5-3-4-15(10-16)25-19-11-18(24-14-8-6-13(22)7-9-14)26-20-17(21)12-23-28(19)20/h3-5,10-14,25H,6-9,22H2,1-2H3,(H,24,26)/t13-,14-. The van der Waals surface area contributed by atoms with Crippen LogP contribution in [-0.4, -0.2) is 53.5 Å². The van der Waals surface area contributed by atoms with E-state index in [-0.39, 0.29) is 10.9 Å². The molecule has 166 valence electrons. The zero-order chi connectivity index (χ0) is 22.2. The zero-order valence-electron chi connectivity index (χ0n) is 17.4. The summed E-state index contributed by atoms with van der Waals surface area (Å²) in [5.74, 6) is 1.40. The second-order valence-corrected chi connectivity index (χ2v) is 11.0. The summed E-state index contributed by atoms with van der Waals surface area (Å²) in [6.45, 7) is 0. The molecule has 1 fully saturated rings. The van der Waals surface area contributed by atoms with Crippen molar-refractivity contribution in [1.82, 2.24) is 18.9 Å². The molecule has 0 amide bonds. The van der Waals surface area contributed by atoms with Crippen LogP contribution in [-0.2, 0) is 10.0 Å². The van der Waals surface area contributed by atoms with Crippen LogP contribution in [0.25, 0.3) is 5.65 Å². The Kier molecular flexibility index (Phi) is 6.20. The van der Waals surface area contributed by atoms with E-state index in [0.717, 1.165) is 36.0 Å². The van der Waals surface area contributed by atoms with Crippen molar-refractivity contribution in [2.24, 2.45) is 5.73 Å². The number of nitrogens with zero attached hydrogens (tertiary/aromatic N) is 4. The molecule has 31 heavy (non-hydrogen) atoms. The fourth-order valence-electron chi connectivity index (χ4n) is 3.66. The number of halogens is 1. The van der Waals surface area contributed by atoms with Gasteiger partial charge < -0.3 is 16.4 Å². The van der Waals surface area contributed by atoms with Gasteiger partial charge in [-0.15, -0.1) is 0 Å². The highest BCUT2D eigenvalue weighted by Gasteiger charge is 2.20. The van der Waals surface area contributed by atoms with Crippen molar-refractivity contribution in [2.75, 3.05) is 24.7 Å². The molecule has 0 bridgehead atoms. The second kappa shape index (κ2) is 8.73. The largest absolute Gasteiger partial charge is 0.367 e. The van der Waals surface area contributed by atoms with Crippen LogP contribution in [0.1, 0.15) is 25.7 Å². The van der Waals surface area contributed by atoms with E-state index in [0.29, 0.717) is 23.2 Å². The van der Waals surface area contributed by atoms with Gasteiger partial charge in [0.15, 0.2) is 5.65 Å². The highest BCUT2D eigenvalue weighted by molar-refractivity contribution is 9.10. The molecule has 1 aliphatic rings. The molecule has 11 heteroatoms. The number of sulfonamides is 1. The van der Waals surface area contributed by atoms with Crippen molar-refractivity contribution in [1.29, 1.82) is 0 Å². The van der Waals surface area contributed by atoms with Gasteiger partial charge in [0.2, 0.25) is 10.0 Å². The summed E-state index contributed by atoms with van der Waals surface area (Å²) >= 11 is 3.50. The number of aromatic nitrogens is 3. The molecule has 4 rings (SSSR count). The number of nitrogens with two attached hydrogens (primary N) is 1. The lowest BCUT2D eigenvalue weighted by molar-refractivity contribution is 0.410. The number of rotatable bonds is 6. The third kappa shape index (κ3) is 4.69. The predicted molar refractivity (Wildman–Crippen MR) is 125 cm³/mol. The quantitative estimate of drug-likeness (QED) is 0.468. The highest BCUT2D eigenvalue weighted by atomic mass is 79.9. The van der Waals surface area contributed by atoms with E-state index in [2.05, 4.69) is 31.7 Å². The van der Waals surface area contributed by atoms with E-state index < -0.39 is 10.0 Å². The third-order valence-corrected chi connectivity index (χ3v) is 7.81. The first-order valence-corrected chi connectivity index (χ1v) is 12.3. The fourth-order valence-corrected chi connectivity index (χ4v) is 4.96. The van der Waals surface area contributed by atoms with Gasteiger partial charge in [-0.3, -0.25) is 0 Å². The van der Waals surface area contributed by atoms with Gasteiger partial charge in [0.25, 0.3) is 0 Å². The van der Waals surface area contributed by atoms with Gasteiger partial charge >= 0.3 is 0 Å². The second-order valence-electron chi connectivity index (χ2n) is 7.95. The first-order chi connectivity index (χ1) is 14.7. The van der Waals surface area contributed by atoms with Gasteiger partial charge in [0, 0.05) is 37.9 Å². The molecule has 0 radical (unpaired) electrons. The van der Waals surface area contributed by atoms with Crippen LogP contribution in [0, 0.1) is 0 Å². The van der Waals surface area contributed by atoms with Crippen molar-refractivity contribution in [3.8, 4) is 0 Å². The van der Waals surface area contributed by atoms with Crippen molar-refractivity contribution < 1.29 is 8.42 Å². The van der Waals surface area contributed by atoms with Crippen molar-refractivity contribution in [2.45, 2.75) is 42.7 Å². The molecule has 0 saturated heterocycles. The van der Waals surface area contributed by atoms with E-state index in [9.17, 15) is 8.42 Å². The van der Waals surface area contributed by atoms with Gasteiger partial charge in [0.05, 0.1) is 15.6 Å². The Labute approximate surface area is 190 Å². The molecule has 1 aliphatic carbocycles. The van der Waals surface area contributed by atoms with Gasteiger partial charge in [-0.05, 0) is 59.8 Å². The molecule has 2 heterocycles. The first-order valence-electron chi connectivity index (χ1n) is 10.1. The SMILES string of the molecule is CN(C)S(=O)(=O)c1cccc(Nc2cc(N[C@H]3CC[C@H](N)CC3)nc3c(Br)cnn23)c1. The minimum Gasteiger partial charge on any atom is -0.367 e. The maximum Gasteiger partial charge on any atom is 0.242 e.